The van der Waals surface area contributed by atoms with Gasteiger partial charge in [0.05, 0.1) is 12.5 Å². The lowest BCUT2D eigenvalue weighted by Crippen LogP contribution is -2.28. The average molecular weight is 314 g/mol. The Balaban J connectivity index is 1.84. The van der Waals surface area contributed by atoms with Crippen LogP contribution in [0.3, 0.4) is 0 Å². The van der Waals surface area contributed by atoms with Gasteiger partial charge in [0.2, 0.25) is 6.04 Å². The Hall–Kier alpha value is -2.27. The monoisotopic (exact) mass is 314 g/mol. The van der Waals surface area contributed by atoms with E-state index in [1.54, 1.807) is 12.1 Å². The van der Waals surface area contributed by atoms with Crippen molar-refractivity contribution in [2.45, 2.75) is 25.4 Å². The molecule has 0 N–H and O–H groups in total. The zero-order chi connectivity index (χ0) is 16.4. The normalized spacial score (nSPS) is 21.5. The Kier molecular flexibility index (Phi) is 4.39. The second kappa shape index (κ2) is 6.46. The first-order valence-corrected chi connectivity index (χ1v) is 7.70. The molecular weight excluding hydrogens is 295 g/mol. The maximum absolute atomic E-state index is 14.2. The molecule has 0 saturated carbocycles. The molecule has 0 spiro atoms. The summed E-state index contributed by atoms with van der Waals surface area (Å²) in [7, 11) is 0. The Bertz CT molecular complexity index is 705. The van der Waals surface area contributed by atoms with Crippen LogP contribution in [0.4, 0.5) is 4.39 Å². The lowest BCUT2D eigenvalue weighted by molar-refractivity contribution is -0.521. The van der Waals surface area contributed by atoms with Gasteiger partial charge in [-0.2, -0.15) is 0 Å². The highest BCUT2D eigenvalue weighted by Crippen LogP contribution is 2.32. The molecule has 0 aliphatic carbocycles. The van der Waals surface area contributed by atoms with Crippen LogP contribution in [-0.2, 0) is 6.54 Å². The van der Waals surface area contributed by atoms with Crippen LogP contribution in [0.5, 0.6) is 0 Å². The van der Waals surface area contributed by atoms with Crippen LogP contribution in [0.15, 0.2) is 48.5 Å². The smallest absolute Gasteiger partial charge is 0.233 e. The molecule has 0 amide bonds. The Morgan fingerprint density at radius 1 is 1.22 bits per heavy atom. The van der Waals surface area contributed by atoms with E-state index >= 15 is 0 Å². The topological polar surface area (TPSA) is 46.4 Å². The minimum absolute atomic E-state index is 0.266. The second-order valence-corrected chi connectivity index (χ2v) is 6.16. The van der Waals surface area contributed by atoms with Crippen molar-refractivity contribution in [2.24, 2.45) is 0 Å². The molecule has 1 saturated heterocycles. The van der Waals surface area contributed by atoms with Crippen LogP contribution in [0.2, 0.25) is 0 Å². The molecule has 2 aromatic rings. The van der Waals surface area contributed by atoms with Crippen LogP contribution in [-0.4, -0.2) is 29.0 Å². The minimum atomic E-state index is -0.769. The third kappa shape index (κ3) is 3.40. The molecule has 0 aromatic heterocycles. The molecule has 4 nitrogen and oxygen atoms in total. The molecule has 0 bridgehead atoms. The minimum Gasteiger partial charge on any atom is -0.292 e. The van der Waals surface area contributed by atoms with Crippen LogP contribution in [0.25, 0.3) is 0 Å². The molecule has 1 heterocycles. The number of hydrogen-bond donors (Lipinski definition) is 0. The third-order valence-corrected chi connectivity index (χ3v) is 4.44. The quantitative estimate of drug-likeness (QED) is 0.642. The first-order chi connectivity index (χ1) is 11.0. The standard InChI is InChI=1S/C18H19FN2O2/c1-13-7-8-17(19)15(9-13)16-11-20(12-18(16)21(22)23)10-14-5-3-2-4-6-14/h2-9,16,18H,10-12H2,1H3. The van der Waals surface area contributed by atoms with Gasteiger partial charge in [-0.1, -0.05) is 48.0 Å². The van der Waals surface area contributed by atoms with Gasteiger partial charge in [-0.3, -0.25) is 15.0 Å². The first-order valence-electron chi connectivity index (χ1n) is 7.70. The highest BCUT2D eigenvalue weighted by atomic mass is 19.1. The van der Waals surface area contributed by atoms with Crippen molar-refractivity contribution in [3.63, 3.8) is 0 Å². The van der Waals surface area contributed by atoms with E-state index in [1.165, 1.54) is 6.07 Å². The van der Waals surface area contributed by atoms with E-state index in [0.717, 1.165) is 11.1 Å². The summed E-state index contributed by atoms with van der Waals surface area (Å²) < 4.78 is 14.2. The number of likely N-dealkylation sites (tertiary alicyclic amines) is 1. The Morgan fingerprint density at radius 3 is 2.65 bits per heavy atom. The molecule has 1 aliphatic rings. The fraction of sp³-hybridized carbons (Fsp3) is 0.333. The van der Waals surface area contributed by atoms with E-state index in [-0.39, 0.29) is 10.7 Å². The Labute approximate surface area is 134 Å². The summed E-state index contributed by atoms with van der Waals surface area (Å²) in [6.07, 6.45) is 0. The summed E-state index contributed by atoms with van der Waals surface area (Å²) >= 11 is 0. The molecular formula is C18H19FN2O2. The Morgan fingerprint density at radius 2 is 1.96 bits per heavy atom. The summed E-state index contributed by atoms with van der Waals surface area (Å²) in [4.78, 5) is 13.2. The maximum Gasteiger partial charge on any atom is 0.233 e. The number of aryl methyl sites for hydroxylation is 1. The largest absolute Gasteiger partial charge is 0.292 e. The highest BCUT2D eigenvalue weighted by Gasteiger charge is 2.42. The zero-order valence-electron chi connectivity index (χ0n) is 13.0. The van der Waals surface area contributed by atoms with Crippen molar-refractivity contribution in [1.82, 2.24) is 4.90 Å². The van der Waals surface area contributed by atoms with Gasteiger partial charge in [0, 0.05) is 18.0 Å². The predicted molar refractivity (Wildman–Crippen MR) is 86.4 cm³/mol. The predicted octanol–water partition coefficient (Wildman–Crippen LogP) is 3.38. The van der Waals surface area contributed by atoms with E-state index in [9.17, 15) is 14.5 Å². The van der Waals surface area contributed by atoms with Gasteiger partial charge >= 0.3 is 0 Å². The molecule has 1 fully saturated rings. The van der Waals surface area contributed by atoms with Crippen LogP contribution in [0, 0.1) is 22.9 Å². The summed E-state index contributed by atoms with van der Waals surface area (Å²) in [5, 5.41) is 11.4. The molecule has 0 radical (unpaired) electrons. The molecule has 2 atom stereocenters. The summed E-state index contributed by atoms with van der Waals surface area (Å²) in [6.45, 7) is 3.37. The fourth-order valence-electron chi connectivity index (χ4n) is 3.30. The van der Waals surface area contributed by atoms with Crippen molar-refractivity contribution in [1.29, 1.82) is 0 Å². The number of benzene rings is 2. The van der Waals surface area contributed by atoms with Gasteiger partial charge < -0.3 is 0 Å². The third-order valence-electron chi connectivity index (χ3n) is 4.44. The van der Waals surface area contributed by atoms with E-state index in [2.05, 4.69) is 0 Å². The first kappa shape index (κ1) is 15.6. The summed E-state index contributed by atoms with van der Waals surface area (Å²) in [5.41, 5.74) is 2.49. The van der Waals surface area contributed by atoms with Gasteiger partial charge in [-0.05, 0) is 24.1 Å². The number of halogens is 1. The summed E-state index contributed by atoms with van der Waals surface area (Å²) in [5.74, 6) is -0.761. The van der Waals surface area contributed by atoms with Gasteiger partial charge in [0.25, 0.3) is 0 Å². The highest BCUT2D eigenvalue weighted by molar-refractivity contribution is 5.29. The average Bonchev–Trinajstić information content (AvgIpc) is 2.94. The van der Waals surface area contributed by atoms with Crippen molar-refractivity contribution in [2.75, 3.05) is 13.1 Å². The number of nitrogens with zero attached hydrogens (tertiary/aromatic N) is 2. The SMILES string of the molecule is Cc1ccc(F)c(C2CN(Cc3ccccc3)CC2[N+](=O)[O-])c1. The molecule has 5 heteroatoms. The fourth-order valence-corrected chi connectivity index (χ4v) is 3.30. The van der Waals surface area contributed by atoms with E-state index in [4.69, 9.17) is 0 Å². The van der Waals surface area contributed by atoms with Crippen molar-refractivity contribution in [3.05, 3.63) is 81.2 Å². The van der Waals surface area contributed by atoms with Crippen molar-refractivity contribution >= 4 is 0 Å². The molecule has 2 unspecified atom stereocenters. The van der Waals surface area contributed by atoms with Crippen molar-refractivity contribution in [3.8, 4) is 0 Å². The number of hydrogen-bond acceptors (Lipinski definition) is 3. The van der Waals surface area contributed by atoms with Gasteiger partial charge in [0.1, 0.15) is 5.82 Å². The lowest BCUT2D eigenvalue weighted by Gasteiger charge is -2.16. The summed E-state index contributed by atoms with van der Waals surface area (Å²) in [6, 6.07) is 13.9. The second-order valence-electron chi connectivity index (χ2n) is 6.16. The van der Waals surface area contributed by atoms with Gasteiger partial charge in [-0.25, -0.2) is 4.39 Å². The van der Waals surface area contributed by atoms with Gasteiger partial charge in [-0.15, -0.1) is 0 Å². The van der Waals surface area contributed by atoms with Crippen LogP contribution >= 0.6 is 0 Å². The molecule has 2 aromatic carbocycles. The molecule has 3 rings (SSSR count). The van der Waals surface area contributed by atoms with E-state index < -0.39 is 12.0 Å². The van der Waals surface area contributed by atoms with E-state index in [1.807, 2.05) is 42.2 Å². The van der Waals surface area contributed by atoms with Crippen LogP contribution < -0.4 is 0 Å². The lowest BCUT2D eigenvalue weighted by atomic mass is 9.93. The van der Waals surface area contributed by atoms with Gasteiger partial charge in [0.15, 0.2) is 0 Å². The number of nitro groups is 1. The zero-order valence-corrected chi connectivity index (χ0v) is 13.0. The number of rotatable bonds is 4. The molecule has 1 aliphatic heterocycles. The van der Waals surface area contributed by atoms with Crippen molar-refractivity contribution < 1.29 is 9.31 Å². The van der Waals surface area contributed by atoms with Crippen LogP contribution in [0.1, 0.15) is 22.6 Å². The molecule has 120 valence electrons. The maximum atomic E-state index is 14.2. The van der Waals surface area contributed by atoms with E-state index in [0.29, 0.717) is 25.2 Å². The molecule has 23 heavy (non-hydrogen) atoms.